The highest BCUT2D eigenvalue weighted by Gasteiger charge is 2.41. The number of esters is 1. The second kappa shape index (κ2) is 7.24. The molecule has 0 saturated carbocycles. The highest BCUT2D eigenvalue weighted by molar-refractivity contribution is 6.30. The second-order valence-corrected chi connectivity index (χ2v) is 7.38. The smallest absolute Gasteiger partial charge is 0.311 e. The number of benzene rings is 1. The van der Waals surface area contributed by atoms with E-state index in [1.165, 1.54) is 13.3 Å². The van der Waals surface area contributed by atoms with Gasteiger partial charge in [0, 0.05) is 41.3 Å². The summed E-state index contributed by atoms with van der Waals surface area (Å²) in [4.78, 5) is 31.4. The molecule has 4 rings (SSSR count). The molecule has 28 heavy (non-hydrogen) atoms. The zero-order valence-electron chi connectivity index (χ0n) is 15.5. The quantitative estimate of drug-likeness (QED) is 0.685. The maximum absolute atomic E-state index is 13.1. The first-order valence-electron chi connectivity index (χ1n) is 8.91. The van der Waals surface area contributed by atoms with Crippen LogP contribution in [0.25, 0.3) is 11.0 Å². The van der Waals surface area contributed by atoms with Gasteiger partial charge in [0.05, 0.1) is 18.6 Å². The number of hydrogen-bond donors (Lipinski definition) is 1. The number of carbonyl (C=O) groups excluding carboxylic acids is 2. The van der Waals surface area contributed by atoms with Gasteiger partial charge in [0.25, 0.3) is 5.91 Å². The highest BCUT2D eigenvalue weighted by atomic mass is 35.5. The summed E-state index contributed by atoms with van der Waals surface area (Å²) in [6.07, 6.45) is 1.52. The predicted molar refractivity (Wildman–Crippen MR) is 104 cm³/mol. The number of halogens is 1. The SMILES string of the molecule is COC(=O)C1CN(C(=O)c2cnc3n[nH]c(C)c3c2)CC1c1ccc(Cl)cc1. The number of H-pyrrole nitrogens is 1. The fourth-order valence-electron chi connectivity index (χ4n) is 3.73. The van der Waals surface area contributed by atoms with Crippen LogP contribution in [0.15, 0.2) is 36.5 Å². The number of rotatable bonds is 3. The number of nitrogens with one attached hydrogen (secondary N) is 1. The van der Waals surface area contributed by atoms with Crippen LogP contribution in [-0.4, -0.2) is 52.2 Å². The fraction of sp³-hybridized carbons (Fsp3) is 0.300. The largest absolute Gasteiger partial charge is 0.469 e. The first-order chi connectivity index (χ1) is 13.5. The van der Waals surface area contributed by atoms with Crippen molar-refractivity contribution < 1.29 is 14.3 Å². The number of likely N-dealkylation sites (tertiary alicyclic amines) is 1. The molecule has 3 heterocycles. The van der Waals surface area contributed by atoms with E-state index in [9.17, 15) is 9.59 Å². The number of fused-ring (bicyclic) bond motifs is 1. The van der Waals surface area contributed by atoms with Gasteiger partial charge in [-0.3, -0.25) is 14.7 Å². The third-order valence-electron chi connectivity index (χ3n) is 5.26. The van der Waals surface area contributed by atoms with Crippen LogP contribution in [0, 0.1) is 12.8 Å². The minimum absolute atomic E-state index is 0.152. The van der Waals surface area contributed by atoms with Crippen LogP contribution in [0.3, 0.4) is 0 Å². The molecule has 2 unspecified atom stereocenters. The van der Waals surface area contributed by atoms with Crippen LogP contribution < -0.4 is 0 Å². The molecule has 2 atom stereocenters. The molecule has 8 heteroatoms. The molecule has 1 amide bonds. The molecule has 1 aliphatic heterocycles. The van der Waals surface area contributed by atoms with Crippen molar-refractivity contribution >= 4 is 34.5 Å². The fourth-order valence-corrected chi connectivity index (χ4v) is 3.85. The van der Waals surface area contributed by atoms with Crippen molar-refractivity contribution in [2.75, 3.05) is 20.2 Å². The van der Waals surface area contributed by atoms with Crippen LogP contribution in [0.5, 0.6) is 0 Å². The van der Waals surface area contributed by atoms with Gasteiger partial charge < -0.3 is 9.64 Å². The molecule has 2 aromatic heterocycles. The number of ether oxygens (including phenoxy) is 1. The molecule has 1 aromatic carbocycles. The number of aromatic nitrogens is 3. The summed E-state index contributed by atoms with van der Waals surface area (Å²) in [5.41, 5.74) is 2.85. The summed E-state index contributed by atoms with van der Waals surface area (Å²) >= 11 is 5.98. The minimum Gasteiger partial charge on any atom is -0.469 e. The Balaban J connectivity index is 1.63. The van der Waals surface area contributed by atoms with Gasteiger partial charge in [-0.05, 0) is 30.7 Å². The van der Waals surface area contributed by atoms with E-state index in [2.05, 4.69) is 15.2 Å². The number of carbonyl (C=O) groups is 2. The topological polar surface area (TPSA) is 88.2 Å². The summed E-state index contributed by atoms with van der Waals surface area (Å²) in [5.74, 6) is -1.07. The summed E-state index contributed by atoms with van der Waals surface area (Å²) in [5, 5.41) is 8.39. The van der Waals surface area contributed by atoms with E-state index >= 15 is 0 Å². The molecule has 144 valence electrons. The van der Waals surface area contributed by atoms with Crippen LogP contribution in [0.2, 0.25) is 5.02 Å². The van der Waals surface area contributed by atoms with Crippen molar-refractivity contribution in [1.82, 2.24) is 20.1 Å². The van der Waals surface area contributed by atoms with E-state index in [1.807, 2.05) is 19.1 Å². The maximum atomic E-state index is 13.1. The van der Waals surface area contributed by atoms with Gasteiger partial charge in [-0.1, -0.05) is 23.7 Å². The van der Waals surface area contributed by atoms with Crippen LogP contribution in [0.1, 0.15) is 27.5 Å². The van der Waals surface area contributed by atoms with Gasteiger partial charge in [0.2, 0.25) is 0 Å². The van der Waals surface area contributed by atoms with E-state index in [4.69, 9.17) is 16.3 Å². The molecule has 0 radical (unpaired) electrons. The molecule has 1 aliphatic rings. The number of amides is 1. The molecule has 1 saturated heterocycles. The van der Waals surface area contributed by atoms with Crippen LogP contribution >= 0.6 is 11.6 Å². The summed E-state index contributed by atoms with van der Waals surface area (Å²) < 4.78 is 4.98. The molecule has 7 nitrogen and oxygen atoms in total. The number of pyridine rings is 1. The molecule has 0 bridgehead atoms. The van der Waals surface area contributed by atoms with Gasteiger partial charge in [0.1, 0.15) is 0 Å². The van der Waals surface area contributed by atoms with Gasteiger partial charge in [0.15, 0.2) is 5.65 Å². The lowest BCUT2D eigenvalue weighted by atomic mass is 9.89. The Bertz CT molecular complexity index is 1050. The van der Waals surface area contributed by atoms with E-state index in [0.29, 0.717) is 29.3 Å². The van der Waals surface area contributed by atoms with Crippen LogP contribution in [-0.2, 0) is 9.53 Å². The highest BCUT2D eigenvalue weighted by Crippen LogP contribution is 2.35. The Morgan fingerprint density at radius 1 is 1.25 bits per heavy atom. The summed E-state index contributed by atoms with van der Waals surface area (Å²) in [7, 11) is 1.37. The lowest BCUT2D eigenvalue weighted by Crippen LogP contribution is -2.30. The molecule has 0 spiro atoms. The third-order valence-corrected chi connectivity index (χ3v) is 5.51. The Kier molecular flexibility index (Phi) is 4.77. The van der Waals surface area contributed by atoms with Crippen molar-refractivity contribution in [1.29, 1.82) is 0 Å². The predicted octanol–water partition coefficient (Wildman–Crippen LogP) is 2.95. The van der Waals surface area contributed by atoms with Gasteiger partial charge in [-0.15, -0.1) is 0 Å². The lowest BCUT2D eigenvalue weighted by Gasteiger charge is -2.17. The average molecular weight is 399 g/mol. The van der Waals surface area contributed by atoms with Gasteiger partial charge in [-0.2, -0.15) is 5.10 Å². The Hall–Kier alpha value is -2.93. The zero-order valence-corrected chi connectivity index (χ0v) is 16.2. The minimum atomic E-state index is -0.428. The van der Waals surface area contributed by atoms with Crippen molar-refractivity contribution in [3.05, 3.63) is 58.4 Å². The number of nitrogens with zero attached hydrogens (tertiary/aromatic N) is 3. The number of aryl methyl sites for hydroxylation is 1. The average Bonchev–Trinajstić information content (AvgIpc) is 3.31. The van der Waals surface area contributed by atoms with E-state index in [0.717, 1.165) is 16.6 Å². The first kappa shape index (κ1) is 18.4. The van der Waals surface area contributed by atoms with E-state index < -0.39 is 5.92 Å². The first-order valence-corrected chi connectivity index (χ1v) is 9.29. The van der Waals surface area contributed by atoms with Crippen molar-refractivity contribution in [2.24, 2.45) is 5.92 Å². The number of methoxy groups -OCH3 is 1. The summed E-state index contributed by atoms with van der Waals surface area (Å²) in [6, 6.07) is 9.13. The van der Waals surface area contributed by atoms with E-state index in [-0.39, 0.29) is 17.8 Å². The van der Waals surface area contributed by atoms with Gasteiger partial charge >= 0.3 is 5.97 Å². The monoisotopic (exact) mass is 398 g/mol. The molecule has 3 aromatic rings. The Morgan fingerprint density at radius 3 is 2.71 bits per heavy atom. The molecule has 1 N–H and O–H groups in total. The summed E-state index contributed by atoms with van der Waals surface area (Å²) in [6.45, 7) is 2.59. The lowest BCUT2D eigenvalue weighted by molar-refractivity contribution is -0.145. The molecule has 1 fully saturated rings. The van der Waals surface area contributed by atoms with Crippen molar-refractivity contribution in [3.63, 3.8) is 0 Å². The number of hydrogen-bond acceptors (Lipinski definition) is 5. The van der Waals surface area contributed by atoms with Crippen molar-refractivity contribution in [3.8, 4) is 0 Å². The zero-order chi connectivity index (χ0) is 19.8. The molecular weight excluding hydrogens is 380 g/mol. The van der Waals surface area contributed by atoms with E-state index in [1.54, 1.807) is 23.1 Å². The van der Waals surface area contributed by atoms with Gasteiger partial charge in [-0.25, -0.2) is 4.98 Å². The third kappa shape index (κ3) is 3.22. The molecular formula is C20H19ClN4O3. The normalized spacial score (nSPS) is 19.2. The Morgan fingerprint density at radius 2 is 2.00 bits per heavy atom. The standard InChI is InChI=1S/C20H19ClN4O3/c1-11-15-7-13(8-22-18(15)24-23-11)19(26)25-9-16(17(10-25)20(27)28-2)12-3-5-14(21)6-4-12/h3-8,16-17H,9-10H2,1-2H3,(H,22,23,24). The molecule has 0 aliphatic carbocycles. The van der Waals surface area contributed by atoms with Crippen LogP contribution in [0.4, 0.5) is 0 Å². The number of aromatic amines is 1. The Labute approximate surface area is 166 Å². The van der Waals surface area contributed by atoms with Crippen molar-refractivity contribution in [2.45, 2.75) is 12.8 Å². The second-order valence-electron chi connectivity index (χ2n) is 6.94. The maximum Gasteiger partial charge on any atom is 0.311 e.